The van der Waals surface area contributed by atoms with Crippen LogP contribution in [0.15, 0.2) is 29.1 Å². The molecular formula is C17H16N2O4S. The van der Waals surface area contributed by atoms with E-state index in [1.807, 2.05) is 13.8 Å². The molecule has 0 aliphatic heterocycles. The Hall–Kier alpha value is -2.67. The summed E-state index contributed by atoms with van der Waals surface area (Å²) in [5, 5.41) is 0.598. The van der Waals surface area contributed by atoms with Crippen molar-refractivity contribution in [3.05, 3.63) is 56.4 Å². The molecule has 0 fully saturated rings. The molecule has 1 aromatic carbocycles. The van der Waals surface area contributed by atoms with Gasteiger partial charge in [-0.15, -0.1) is 11.3 Å². The highest BCUT2D eigenvalue weighted by Crippen LogP contribution is 2.25. The van der Waals surface area contributed by atoms with Gasteiger partial charge in [-0.2, -0.15) is 0 Å². The minimum Gasteiger partial charge on any atom is -0.497 e. The summed E-state index contributed by atoms with van der Waals surface area (Å²) in [5.41, 5.74) is 1.10. The number of ether oxygens (including phenoxy) is 2. The maximum Gasteiger partial charge on any atom is 0.338 e. The SMILES string of the molecule is COc1cccc(C(=O)OCc2nc3sc(C)c(C)c3c(=O)[nH]2)c1. The highest BCUT2D eigenvalue weighted by Gasteiger charge is 2.13. The van der Waals surface area contributed by atoms with Crippen LogP contribution in [-0.4, -0.2) is 23.0 Å². The van der Waals surface area contributed by atoms with Gasteiger partial charge in [0.1, 0.15) is 23.0 Å². The summed E-state index contributed by atoms with van der Waals surface area (Å²) in [6, 6.07) is 6.67. The lowest BCUT2D eigenvalue weighted by Crippen LogP contribution is -2.14. The van der Waals surface area contributed by atoms with Crippen LogP contribution in [0.25, 0.3) is 10.2 Å². The third-order valence-corrected chi connectivity index (χ3v) is 4.83. The van der Waals surface area contributed by atoms with Crippen LogP contribution < -0.4 is 10.3 Å². The Bertz CT molecular complexity index is 974. The van der Waals surface area contributed by atoms with Crippen molar-refractivity contribution in [1.29, 1.82) is 0 Å². The minimum atomic E-state index is -0.504. The highest BCUT2D eigenvalue weighted by molar-refractivity contribution is 7.18. The molecule has 2 heterocycles. The fraction of sp³-hybridized carbons (Fsp3) is 0.235. The molecule has 0 aliphatic carbocycles. The van der Waals surface area contributed by atoms with E-state index in [2.05, 4.69) is 9.97 Å². The average Bonchev–Trinajstić information content (AvgIpc) is 2.87. The second kappa shape index (κ2) is 6.45. The van der Waals surface area contributed by atoms with E-state index in [1.165, 1.54) is 18.4 Å². The molecule has 0 aliphatic rings. The zero-order chi connectivity index (χ0) is 17.3. The van der Waals surface area contributed by atoms with Crippen LogP contribution in [0.5, 0.6) is 5.75 Å². The molecule has 124 valence electrons. The largest absolute Gasteiger partial charge is 0.497 e. The van der Waals surface area contributed by atoms with E-state index < -0.39 is 5.97 Å². The van der Waals surface area contributed by atoms with Gasteiger partial charge in [-0.25, -0.2) is 9.78 Å². The molecule has 7 heteroatoms. The maximum atomic E-state index is 12.2. The Kier molecular flexibility index (Phi) is 4.35. The number of carbonyl (C=O) groups is 1. The number of thiophene rings is 1. The van der Waals surface area contributed by atoms with E-state index >= 15 is 0 Å². The van der Waals surface area contributed by atoms with Gasteiger partial charge in [-0.1, -0.05) is 6.07 Å². The van der Waals surface area contributed by atoms with Crippen molar-refractivity contribution in [2.45, 2.75) is 20.5 Å². The number of carbonyl (C=O) groups excluding carboxylic acids is 1. The smallest absolute Gasteiger partial charge is 0.338 e. The molecule has 3 aromatic rings. The number of aromatic nitrogens is 2. The summed E-state index contributed by atoms with van der Waals surface area (Å²) in [4.78, 5) is 33.0. The Balaban J connectivity index is 1.80. The summed E-state index contributed by atoms with van der Waals surface area (Å²) in [6.45, 7) is 3.74. The van der Waals surface area contributed by atoms with E-state index in [0.29, 0.717) is 27.4 Å². The Labute approximate surface area is 142 Å². The second-order valence-electron chi connectivity index (χ2n) is 5.28. The fourth-order valence-electron chi connectivity index (χ4n) is 2.33. The first-order chi connectivity index (χ1) is 11.5. The lowest BCUT2D eigenvalue weighted by Gasteiger charge is -2.06. The first-order valence-corrected chi connectivity index (χ1v) is 8.11. The minimum absolute atomic E-state index is 0.1000. The van der Waals surface area contributed by atoms with Crippen molar-refractivity contribution in [2.75, 3.05) is 7.11 Å². The quantitative estimate of drug-likeness (QED) is 0.736. The molecular weight excluding hydrogens is 328 g/mol. The summed E-state index contributed by atoms with van der Waals surface area (Å²) in [7, 11) is 1.53. The van der Waals surface area contributed by atoms with Gasteiger partial charge >= 0.3 is 5.97 Å². The predicted octanol–water partition coefficient (Wildman–Crippen LogP) is 2.97. The number of esters is 1. The van der Waals surface area contributed by atoms with Gasteiger partial charge in [0.05, 0.1) is 18.1 Å². The van der Waals surface area contributed by atoms with Gasteiger partial charge < -0.3 is 14.5 Å². The van der Waals surface area contributed by atoms with Crippen LogP contribution in [0.1, 0.15) is 26.6 Å². The van der Waals surface area contributed by atoms with E-state index in [-0.39, 0.29) is 12.2 Å². The normalized spacial score (nSPS) is 10.8. The summed E-state index contributed by atoms with van der Waals surface area (Å²) in [6.07, 6.45) is 0. The molecule has 0 radical (unpaired) electrons. The molecule has 2 aromatic heterocycles. The average molecular weight is 344 g/mol. The number of aromatic amines is 1. The van der Waals surface area contributed by atoms with Crippen LogP contribution in [0.3, 0.4) is 0 Å². The molecule has 24 heavy (non-hydrogen) atoms. The molecule has 1 N–H and O–H groups in total. The maximum absolute atomic E-state index is 12.2. The molecule has 0 amide bonds. The molecule has 0 bridgehead atoms. The van der Waals surface area contributed by atoms with Crippen molar-refractivity contribution in [3.8, 4) is 5.75 Å². The van der Waals surface area contributed by atoms with Gasteiger partial charge in [-0.3, -0.25) is 4.79 Å². The highest BCUT2D eigenvalue weighted by atomic mass is 32.1. The van der Waals surface area contributed by atoms with E-state index in [9.17, 15) is 9.59 Å². The van der Waals surface area contributed by atoms with Gasteiger partial charge in [-0.05, 0) is 37.6 Å². The number of nitrogens with zero attached hydrogens (tertiary/aromatic N) is 1. The second-order valence-corrected chi connectivity index (χ2v) is 6.49. The topological polar surface area (TPSA) is 81.3 Å². The summed E-state index contributed by atoms with van der Waals surface area (Å²) >= 11 is 1.45. The molecule has 3 rings (SSSR count). The molecule has 0 unspecified atom stereocenters. The monoisotopic (exact) mass is 344 g/mol. The molecule has 0 saturated heterocycles. The van der Waals surface area contributed by atoms with Crippen LogP contribution in [0.4, 0.5) is 0 Å². The Morgan fingerprint density at radius 2 is 2.12 bits per heavy atom. The Morgan fingerprint density at radius 3 is 2.88 bits per heavy atom. The molecule has 0 saturated carbocycles. The van der Waals surface area contributed by atoms with Crippen molar-refractivity contribution in [3.63, 3.8) is 0 Å². The van der Waals surface area contributed by atoms with Crippen molar-refractivity contribution in [2.24, 2.45) is 0 Å². The van der Waals surface area contributed by atoms with Crippen LogP contribution in [0.2, 0.25) is 0 Å². The standard InChI is InChI=1S/C17H16N2O4S/c1-9-10(2)24-16-14(9)15(20)18-13(19-16)8-23-17(21)11-5-4-6-12(7-11)22-3/h4-7H,8H2,1-3H3,(H,18,19,20). The first-order valence-electron chi connectivity index (χ1n) is 7.29. The van der Waals surface area contributed by atoms with Crippen LogP contribution in [-0.2, 0) is 11.3 Å². The van der Waals surface area contributed by atoms with E-state index in [1.54, 1.807) is 24.3 Å². The molecule has 0 atom stereocenters. The number of nitrogens with one attached hydrogen (secondary N) is 1. The molecule has 6 nitrogen and oxygen atoms in total. The lowest BCUT2D eigenvalue weighted by molar-refractivity contribution is 0.0462. The number of methoxy groups -OCH3 is 1. The Morgan fingerprint density at radius 1 is 1.33 bits per heavy atom. The number of hydrogen-bond donors (Lipinski definition) is 1. The van der Waals surface area contributed by atoms with Crippen molar-refractivity contribution >= 4 is 27.5 Å². The van der Waals surface area contributed by atoms with Crippen LogP contribution in [0, 0.1) is 13.8 Å². The predicted molar refractivity (Wildman–Crippen MR) is 91.8 cm³/mol. The number of benzene rings is 1. The van der Waals surface area contributed by atoms with Crippen LogP contribution >= 0.6 is 11.3 Å². The zero-order valence-corrected chi connectivity index (χ0v) is 14.3. The van der Waals surface area contributed by atoms with E-state index in [0.717, 1.165) is 10.4 Å². The lowest BCUT2D eigenvalue weighted by atomic mass is 10.2. The van der Waals surface area contributed by atoms with Crippen molar-refractivity contribution < 1.29 is 14.3 Å². The number of rotatable bonds is 4. The van der Waals surface area contributed by atoms with Gasteiger partial charge in [0, 0.05) is 4.88 Å². The van der Waals surface area contributed by atoms with Crippen molar-refractivity contribution in [1.82, 2.24) is 9.97 Å². The number of H-pyrrole nitrogens is 1. The number of aryl methyl sites for hydroxylation is 2. The summed E-state index contributed by atoms with van der Waals surface area (Å²) in [5.74, 6) is 0.391. The van der Waals surface area contributed by atoms with Gasteiger partial charge in [0.25, 0.3) is 5.56 Å². The zero-order valence-electron chi connectivity index (χ0n) is 13.5. The first kappa shape index (κ1) is 16.2. The summed E-state index contributed by atoms with van der Waals surface area (Å²) < 4.78 is 10.3. The number of fused-ring (bicyclic) bond motifs is 1. The third-order valence-electron chi connectivity index (χ3n) is 3.73. The van der Waals surface area contributed by atoms with Gasteiger partial charge in [0.15, 0.2) is 0 Å². The third kappa shape index (κ3) is 3.03. The van der Waals surface area contributed by atoms with E-state index in [4.69, 9.17) is 9.47 Å². The fourth-order valence-corrected chi connectivity index (χ4v) is 3.38. The molecule has 0 spiro atoms. The number of hydrogen-bond acceptors (Lipinski definition) is 6. The van der Waals surface area contributed by atoms with Gasteiger partial charge in [0.2, 0.25) is 0 Å².